The minimum atomic E-state index is 0.403. The second-order valence-electron chi connectivity index (χ2n) is 4.42. The number of methoxy groups -OCH3 is 1. The molecule has 0 unspecified atom stereocenters. The van der Waals surface area contributed by atoms with Crippen LogP contribution >= 0.6 is 12.2 Å². The molecular weight excluding hydrogens is 270 g/mol. The van der Waals surface area contributed by atoms with E-state index in [1.54, 1.807) is 13.3 Å². The topological polar surface area (TPSA) is 50.8 Å². The summed E-state index contributed by atoms with van der Waals surface area (Å²) in [5.41, 5.74) is 1.98. The number of aromatic nitrogens is 3. The van der Waals surface area contributed by atoms with Crippen LogP contribution in [-0.4, -0.2) is 22.1 Å². The van der Waals surface area contributed by atoms with E-state index < -0.39 is 0 Å². The lowest BCUT2D eigenvalue weighted by Gasteiger charge is -2.08. The molecule has 1 N–H and O–H groups in total. The normalized spacial score (nSPS) is 10.8. The Morgan fingerprint density at radius 2 is 2.20 bits per heavy atom. The van der Waals surface area contributed by atoms with Crippen LogP contribution in [-0.2, 0) is 11.3 Å². The summed E-state index contributed by atoms with van der Waals surface area (Å²) in [6.07, 6.45) is 3.65. The zero-order valence-corrected chi connectivity index (χ0v) is 11.8. The van der Waals surface area contributed by atoms with Crippen LogP contribution in [0.25, 0.3) is 22.0 Å². The molecule has 3 aromatic rings. The van der Waals surface area contributed by atoms with Crippen molar-refractivity contribution in [3.05, 3.63) is 53.2 Å². The fourth-order valence-electron chi connectivity index (χ4n) is 2.21. The van der Waals surface area contributed by atoms with Gasteiger partial charge in [-0.1, -0.05) is 30.4 Å². The first-order chi connectivity index (χ1) is 9.78. The molecular formula is C15H13N3OS. The number of hydrogen-bond donors (Lipinski definition) is 1. The Bertz CT molecular complexity index is 808. The minimum absolute atomic E-state index is 0.403. The first-order valence-electron chi connectivity index (χ1n) is 6.20. The fraction of sp³-hybridized carbons (Fsp3) is 0.133. The molecule has 0 atom stereocenters. The van der Waals surface area contributed by atoms with Crippen molar-refractivity contribution in [3.63, 3.8) is 0 Å². The summed E-state index contributed by atoms with van der Waals surface area (Å²) in [6.45, 7) is 0.403. The fourth-order valence-corrected chi connectivity index (χ4v) is 2.43. The van der Waals surface area contributed by atoms with Crippen LogP contribution in [0.15, 0.2) is 42.7 Å². The van der Waals surface area contributed by atoms with Crippen molar-refractivity contribution in [1.29, 1.82) is 0 Å². The van der Waals surface area contributed by atoms with Crippen molar-refractivity contribution in [2.24, 2.45) is 0 Å². The Morgan fingerprint density at radius 1 is 1.30 bits per heavy atom. The first kappa shape index (κ1) is 12.9. The van der Waals surface area contributed by atoms with Gasteiger partial charge in [-0.2, -0.15) is 0 Å². The highest BCUT2D eigenvalue weighted by Crippen LogP contribution is 2.26. The molecule has 0 aliphatic heterocycles. The summed E-state index contributed by atoms with van der Waals surface area (Å²) in [7, 11) is 1.63. The monoisotopic (exact) mass is 283 g/mol. The number of fused-ring (bicyclic) bond motifs is 1. The third kappa shape index (κ3) is 2.45. The molecule has 2 aromatic heterocycles. The van der Waals surface area contributed by atoms with E-state index in [2.05, 4.69) is 21.0 Å². The molecule has 0 saturated carbocycles. The number of H-pyrrole nitrogens is 1. The Morgan fingerprint density at radius 3 is 3.05 bits per heavy atom. The molecule has 1 aromatic carbocycles. The number of pyridine rings is 1. The van der Waals surface area contributed by atoms with Crippen LogP contribution in [0.3, 0.4) is 0 Å². The molecule has 4 nitrogen and oxygen atoms in total. The Kier molecular flexibility index (Phi) is 3.54. The van der Waals surface area contributed by atoms with Crippen LogP contribution < -0.4 is 0 Å². The van der Waals surface area contributed by atoms with Gasteiger partial charge in [-0.25, -0.2) is 4.98 Å². The van der Waals surface area contributed by atoms with E-state index in [0.717, 1.165) is 27.9 Å². The molecule has 20 heavy (non-hydrogen) atoms. The third-order valence-corrected chi connectivity index (χ3v) is 3.26. The van der Waals surface area contributed by atoms with Gasteiger partial charge in [0.25, 0.3) is 0 Å². The molecule has 0 fully saturated rings. The molecule has 5 heteroatoms. The average Bonchev–Trinajstić information content (AvgIpc) is 2.46. The van der Waals surface area contributed by atoms with Crippen LogP contribution in [0.1, 0.15) is 5.82 Å². The second kappa shape index (κ2) is 5.48. The Hall–Kier alpha value is -2.11. The molecule has 0 saturated heterocycles. The van der Waals surface area contributed by atoms with Gasteiger partial charge in [-0.15, -0.1) is 0 Å². The van der Waals surface area contributed by atoms with Crippen molar-refractivity contribution in [3.8, 4) is 11.3 Å². The predicted octanol–water partition coefficient (Wildman–Crippen LogP) is 3.50. The molecule has 0 aliphatic rings. The highest BCUT2D eigenvalue weighted by molar-refractivity contribution is 7.71. The van der Waals surface area contributed by atoms with Gasteiger partial charge in [0.05, 0.1) is 5.69 Å². The highest BCUT2D eigenvalue weighted by Gasteiger charge is 2.06. The number of benzene rings is 1. The maximum absolute atomic E-state index is 5.22. The number of nitrogens with zero attached hydrogens (tertiary/aromatic N) is 2. The van der Waals surface area contributed by atoms with Gasteiger partial charge in [0.15, 0.2) is 0 Å². The van der Waals surface area contributed by atoms with Crippen molar-refractivity contribution >= 4 is 23.0 Å². The van der Waals surface area contributed by atoms with E-state index in [-0.39, 0.29) is 0 Å². The third-order valence-electron chi connectivity index (χ3n) is 3.05. The molecule has 0 radical (unpaired) electrons. The highest BCUT2D eigenvalue weighted by atomic mass is 32.1. The zero-order chi connectivity index (χ0) is 13.9. The Labute approximate surface area is 121 Å². The maximum Gasteiger partial charge on any atom is 0.134 e. The van der Waals surface area contributed by atoms with Gasteiger partial charge < -0.3 is 9.72 Å². The lowest BCUT2D eigenvalue weighted by Crippen LogP contribution is -1.99. The first-order valence-corrected chi connectivity index (χ1v) is 6.61. The van der Waals surface area contributed by atoms with E-state index in [4.69, 9.17) is 17.0 Å². The number of nitrogens with one attached hydrogen (secondary N) is 1. The molecule has 100 valence electrons. The number of ether oxygens (including phenoxy) is 1. The maximum atomic E-state index is 5.22. The second-order valence-corrected chi connectivity index (χ2v) is 4.83. The molecule has 3 rings (SSSR count). The van der Waals surface area contributed by atoms with E-state index in [1.807, 2.05) is 30.5 Å². The van der Waals surface area contributed by atoms with Gasteiger partial charge in [-0.3, -0.25) is 4.98 Å². The van der Waals surface area contributed by atoms with E-state index >= 15 is 0 Å². The van der Waals surface area contributed by atoms with Gasteiger partial charge in [0.2, 0.25) is 0 Å². The summed E-state index contributed by atoms with van der Waals surface area (Å²) in [5.74, 6) is 0.718. The van der Waals surface area contributed by atoms with Crippen molar-refractivity contribution < 1.29 is 4.74 Å². The summed E-state index contributed by atoms with van der Waals surface area (Å²) < 4.78 is 5.66. The summed E-state index contributed by atoms with van der Waals surface area (Å²) in [5, 5.41) is 2.22. The van der Waals surface area contributed by atoms with Crippen molar-refractivity contribution in [2.75, 3.05) is 7.11 Å². The predicted molar refractivity (Wildman–Crippen MR) is 80.9 cm³/mol. The van der Waals surface area contributed by atoms with Gasteiger partial charge in [0.1, 0.15) is 17.1 Å². The molecule has 0 bridgehead atoms. The summed E-state index contributed by atoms with van der Waals surface area (Å²) >= 11 is 5.22. The van der Waals surface area contributed by atoms with Crippen LogP contribution in [0, 0.1) is 4.64 Å². The van der Waals surface area contributed by atoms with E-state index in [1.165, 1.54) is 0 Å². The van der Waals surface area contributed by atoms with Crippen LogP contribution in [0.4, 0.5) is 0 Å². The average molecular weight is 283 g/mol. The molecule has 0 spiro atoms. The van der Waals surface area contributed by atoms with Crippen LogP contribution in [0.5, 0.6) is 0 Å². The van der Waals surface area contributed by atoms with E-state index in [0.29, 0.717) is 11.2 Å². The van der Waals surface area contributed by atoms with Gasteiger partial charge in [-0.05, 0) is 17.5 Å². The molecule has 0 amide bonds. The lowest BCUT2D eigenvalue weighted by atomic mass is 10.0. The molecule has 2 heterocycles. The molecule has 0 aliphatic carbocycles. The van der Waals surface area contributed by atoms with E-state index in [9.17, 15) is 0 Å². The van der Waals surface area contributed by atoms with Crippen LogP contribution in [0.2, 0.25) is 0 Å². The standard InChI is InChI=1S/C15H13N3OS/c1-19-9-14-17-13(7-15(20)18-14)11-4-2-3-10-5-6-16-8-12(10)11/h2-8H,9H2,1H3,(H,17,18,20). The van der Waals surface area contributed by atoms with Crippen molar-refractivity contribution in [2.45, 2.75) is 6.61 Å². The minimum Gasteiger partial charge on any atom is -0.377 e. The van der Waals surface area contributed by atoms with Gasteiger partial charge >= 0.3 is 0 Å². The number of hydrogen-bond acceptors (Lipinski definition) is 4. The zero-order valence-electron chi connectivity index (χ0n) is 11.0. The summed E-state index contributed by atoms with van der Waals surface area (Å²) in [6, 6.07) is 9.97. The SMILES string of the molecule is COCc1nc(=S)cc(-c2cccc3ccncc23)[nH]1. The largest absolute Gasteiger partial charge is 0.377 e. The number of rotatable bonds is 3. The number of aromatic amines is 1. The van der Waals surface area contributed by atoms with Crippen molar-refractivity contribution in [1.82, 2.24) is 15.0 Å². The summed E-state index contributed by atoms with van der Waals surface area (Å²) in [4.78, 5) is 11.7. The lowest BCUT2D eigenvalue weighted by molar-refractivity contribution is 0.178. The smallest absolute Gasteiger partial charge is 0.134 e. The Balaban J connectivity index is 2.23. The quantitative estimate of drug-likeness (QED) is 0.747. The van der Waals surface area contributed by atoms with Gasteiger partial charge in [0, 0.05) is 30.5 Å².